The summed E-state index contributed by atoms with van der Waals surface area (Å²) in [4.78, 5) is 13.9. The van der Waals surface area contributed by atoms with Crippen LogP contribution in [-0.4, -0.2) is 29.8 Å². The summed E-state index contributed by atoms with van der Waals surface area (Å²) in [7, 11) is 0. The van der Waals surface area contributed by atoms with Crippen LogP contribution in [0.1, 0.15) is 23.7 Å². The van der Waals surface area contributed by atoms with Gasteiger partial charge >= 0.3 is 0 Å². The first kappa shape index (κ1) is 14.8. The third kappa shape index (κ3) is 4.16. The highest BCUT2D eigenvalue weighted by atomic mass is 79.9. The molecule has 0 aliphatic rings. The number of benzene rings is 1. The molecule has 0 aliphatic heterocycles. The van der Waals surface area contributed by atoms with Gasteiger partial charge in [-0.3, -0.25) is 4.79 Å². The maximum Gasteiger partial charge on any atom is 0.255 e. The second kappa shape index (κ2) is 7.24. The fourth-order valence-electron chi connectivity index (χ4n) is 1.49. The van der Waals surface area contributed by atoms with E-state index in [1.807, 2.05) is 13.0 Å². The van der Waals surface area contributed by atoms with Gasteiger partial charge in [-0.15, -0.1) is 11.6 Å². The number of carbonyl (C=O) groups is 1. The van der Waals surface area contributed by atoms with Gasteiger partial charge in [0.25, 0.3) is 5.91 Å². The lowest BCUT2D eigenvalue weighted by Crippen LogP contribution is -2.32. The molecule has 5 heteroatoms. The van der Waals surface area contributed by atoms with Crippen molar-refractivity contribution < 1.29 is 4.79 Å². The Morgan fingerprint density at radius 2 is 2.18 bits per heavy atom. The zero-order valence-corrected chi connectivity index (χ0v) is 12.6. The van der Waals surface area contributed by atoms with E-state index in [2.05, 4.69) is 15.9 Å². The van der Waals surface area contributed by atoms with Crippen molar-refractivity contribution in [2.75, 3.05) is 19.0 Å². The van der Waals surface area contributed by atoms with Crippen LogP contribution in [0.15, 0.2) is 22.7 Å². The molecule has 0 N–H and O–H groups in total. The molecule has 1 aromatic carbocycles. The van der Waals surface area contributed by atoms with Crippen molar-refractivity contribution in [3.63, 3.8) is 0 Å². The summed E-state index contributed by atoms with van der Waals surface area (Å²) < 4.78 is 0.864. The van der Waals surface area contributed by atoms with Gasteiger partial charge in [-0.1, -0.05) is 27.5 Å². The van der Waals surface area contributed by atoms with Gasteiger partial charge in [0, 0.05) is 23.4 Å². The van der Waals surface area contributed by atoms with E-state index in [1.54, 1.807) is 17.0 Å². The average Bonchev–Trinajstić information content (AvgIpc) is 2.29. The lowest BCUT2D eigenvalue weighted by Gasteiger charge is -2.21. The van der Waals surface area contributed by atoms with Crippen molar-refractivity contribution in [1.29, 1.82) is 0 Å². The molecule has 0 heterocycles. The maximum atomic E-state index is 12.2. The van der Waals surface area contributed by atoms with Crippen molar-refractivity contribution in [2.24, 2.45) is 0 Å². The molecule has 17 heavy (non-hydrogen) atoms. The third-order valence-electron chi connectivity index (χ3n) is 2.39. The number of amides is 1. The minimum atomic E-state index is -0.0462. The third-order valence-corrected chi connectivity index (χ3v) is 3.47. The molecule has 1 amide bonds. The predicted molar refractivity (Wildman–Crippen MR) is 76.1 cm³/mol. The van der Waals surface area contributed by atoms with Gasteiger partial charge in [-0.25, -0.2) is 0 Å². The van der Waals surface area contributed by atoms with Gasteiger partial charge in [-0.2, -0.15) is 0 Å². The van der Waals surface area contributed by atoms with Gasteiger partial charge < -0.3 is 4.90 Å². The second-order valence-corrected chi connectivity index (χ2v) is 5.25. The van der Waals surface area contributed by atoms with Crippen LogP contribution in [0, 0.1) is 0 Å². The highest BCUT2D eigenvalue weighted by molar-refractivity contribution is 9.10. The van der Waals surface area contributed by atoms with Crippen LogP contribution in [-0.2, 0) is 0 Å². The fraction of sp³-hybridized carbons (Fsp3) is 0.417. The monoisotopic (exact) mass is 337 g/mol. The summed E-state index contributed by atoms with van der Waals surface area (Å²) in [5.74, 6) is 0.507. The molecule has 0 aliphatic carbocycles. The van der Waals surface area contributed by atoms with Crippen LogP contribution in [0.25, 0.3) is 0 Å². The summed E-state index contributed by atoms with van der Waals surface area (Å²) in [5.41, 5.74) is 0.534. The van der Waals surface area contributed by atoms with Crippen molar-refractivity contribution in [3.8, 4) is 0 Å². The average molecular weight is 339 g/mol. The van der Waals surface area contributed by atoms with Crippen molar-refractivity contribution in [2.45, 2.75) is 13.3 Å². The standard InChI is InChI=1S/C12H14BrCl2NO/c1-2-16(7-3-6-14)12(17)10-5-4-9(13)8-11(10)15/h4-5,8H,2-3,6-7H2,1H3. The molecule has 0 unspecified atom stereocenters. The first-order chi connectivity index (χ1) is 8.10. The number of hydrogen-bond donors (Lipinski definition) is 0. The normalized spacial score (nSPS) is 10.4. The summed E-state index contributed by atoms with van der Waals surface area (Å²) in [6.45, 7) is 3.26. The second-order valence-electron chi connectivity index (χ2n) is 3.55. The highest BCUT2D eigenvalue weighted by Crippen LogP contribution is 2.22. The Morgan fingerprint density at radius 3 is 2.71 bits per heavy atom. The van der Waals surface area contributed by atoms with Crippen LogP contribution >= 0.6 is 39.1 Å². The molecule has 0 radical (unpaired) electrons. The summed E-state index contributed by atoms with van der Waals surface area (Å²) >= 11 is 15.0. The molecule has 0 fully saturated rings. The Morgan fingerprint density at radius 1 is 1.47 bits per heavy atom. The van der Waals surface area contributed by atoms with Gasteiger partial charge in [0.15, 0.2) is 0 Å². The van der Waals surface area contributed by atoms with Crippen LogP contribution in [0.5, 0.6) is 0 Å². The van der Waals surface area contributed by atoms with E-state index in [1.165, 1.54) is 0 Å². The quantitative estimate of drug-likeness (QED) is 0.737. The van der Waals surface area contributed by atoms with Crippen LogP contribution in [0.2, 0.25) is 5.02 Å². The smallest absolute Gasteiger partial charge is 0.255 e. The fourth-order valence-corrected chi connectivity index (χ4v) is 2.36. The minimum absolute atomic E-state index is 0.0462. The molecule has 0 saturated heterocycles. The molecule has 0 saturated carbocycles. The van der Waals surface area contributed by atoms with Crippen molar-refractivity contribution in [3.05, 3.63) is 33.3 Å². The summed E-state index contributed by atoms with van der Waals surface area (Å²) in [6.07, 6.45) is 0.787. The number of halogens is 3. The van der Waals surface area contributed by atoms with Gasteiger partial charge in [0.1, 0.15) is 0 Å². The molecule has 0 spiro atoms. The highest BCUT2D eigenvalue weighted by Gasteiger charge is 2.16. The number of rotatable bonds is 5. The Kier molecular flexibility index (Phi) is 6.31. The zero-order valence-electron chi connectivity index (χ0n) is 9.55. The lowest BCUT2D eigenvalue weighted by atomic mass is 10.2. The van der Waals surface area contributed by atoms with E-state index < -0.39 is 0 Å². The van der Waals surface area contributed by atoms with E-state index in [-0.39, 0.29) is 5.91 Å². The number of alkyl halides is 1. The van der Waals surface area contributed by atoms with E-state index in [0.29, 0.717) is 29.6 Å². The zero-order chi connectivity index (χ0) is 12.8. The lowest BCUT2D eigenvalue weighted by molar-refractivity contribution is 0.0765. The van der Waals surface area contributed by atoms with E-state index in [4.69, 9.17) is 23.2 Å². The number of carbonyl (C=O) groups excluding carboxylic acids is 1. The molecule has 1 aromatic rings. The van der Waals surface area contributed by atoms with E-state index in [0.717, 1.165) is 10.9 Å². The van der Waals surface area contributed by atoms with E-state index >= 15 is 0 Å². The molecular weight excluding hydrogens is 325 g/mol. The SMILES string of the molecule is CCN(CCCCl)C(=O)c1ccc(Br)cc1Cl. The first-order valence-electron chi connectivity index (χ1n) is 5.40. The van der Waals surface area contributed by atoms with Gasteiger partial charge in [-0.05, 0) is 31.5 Å². The molecule has 0 atom stereocenters. The van der Waals surface area contributed by atoms with Gasteiger partial charge in [0.2, 0.25) is 0 Å². The molecular formula is C12H14BrCl2NO. The summed E-state index contributed by atoms with van der Waals surface area (Å²) in [5, 5.41) is 0.466. The molecule has 1 rings (SSSR count). The van der Waals surface area contributed by atoms with Crippen LogP contribution < -0.4 is 0 Å². The largest absolute Gasteiger partial charge is 0.339 e. The molecule has 0 aromatic heterocycles. The molecule has 2 nitrogen and oxygen atoms in total. The Bertz CT molecular complexity index is 398. The Hall–Kier alpha value is -0.250. The number of nitrogens with zero attached hydrogens (tertiary/aromatic N) is 1. The minimum Gasteiger partial charge on any atom is -0.339 e. The van der Waals surface area contributed by atoms with Crippen LogP contribution in [0.4, 0.5) is 0 Å². The number of hydrogen-bond acceptors (Lipinski definition) is 1. The van der Waals surface area contributed by atoms with Crippen molar-refractivity contribution in [1.82, 2.24) is 4.90 Å². The van der Waals surface area contributed by atoms with E-state index in [9.17, 15) is 4.79 Å². The van der Waals surface area contributed by atoms with Crippen molar-refractivity contribution >= 4 is 45.0 Å². The maximum absolute atomic E-state index is 12.2. The molecule has 94 valence electrons. The first-order valence-corrected chi connectivity index (χ1v) is 7.11. The summed E-state index contributed by atoms with van der Waals surface area (Å²) in [6, 6.07) is 5.27. The topological polar surface area (TPSA) is 20.3 Å². The Balaban J connectivity index is 2.86. The molecule has 0 bridgehead atoms. The Labute approximate surface area is 120 Å². The predicted octanol–water partition coefficient (Wildman–Crippen LogP) is 4.19. The van der Waals surface area contributed by atoms with Gasteiger partial charge in [0.05, 0.1) is 10.6 Å². The van der Waals surface area contributed by atoms with Crippen LogP contribution in [0.3, 0.4) is 0 Å².